The van der Waals surface area contributed by atoms with E-state index in [9.17, 15) is 9.59 Å². The number of halogens is 1. The number of anilines is 1. The van der Waals surface area contributed by atoms with Gasteiger partial charge in [-0.15, -0.1) is 0 Å². The molecule has 0 saturated heterocycles. The molecule has 2 aromatic carbocycles. The van der Waals surface area contributed by atoms with E-state index in [-0.39, 0.29) is 11.8 Å². The molecule has 0 radical (unpaired) electrons. The summed E-state index contributed by atoms with van der Waals surface area (Å²) in [5, 5.41) is 5.72. The van der Waals surface area contributed by atoms with Crippen LogP contribution in [-0.4, -0.2) is 18.4 Å². The average molecular weight is 422 g/mol. The predicted molar refractivity (Wildman–Crippen MR) is 101 cm³/mol. The zero-order chi connectivity index (χ0) is 16.7. The monoisotopic (exact) mass is 422 g/mol. The third-order valence-electron chi connectivity index (χ3n) is 3.36. The first kappa shape index (κ1) is 17.5. The van der Waals surface area contributed by atoms with E-state index in [1.54, 1.807) is 12.1 Å². The van der Waals surface area contributed by atoms with Crippen LogP contribution in [0.3, 0.4) is 0 Å². The van der Waals surface area contributed by atoms with E-state index in [0.29, 0.717) is 24.9 Å². The highest BCUT2D eigenvalue weighted by molar-refractivity contribution is 14.1. The second-order valence-corrected chi connectivity index (χ2v) is 6.48. The Morgan fingerprint density at radius 2 is 1.83 bits per heavy atom. The maximum Gasteiger partial charge on any atom is 0.251 e. The molecular formula is C18H19IN2O2. The smallest absolute Gasteiger partial charge is 0.251 e. The first-order chi connectivity index (χ1) is 11.1. The van der Waals surface area contributed by atoms with Crippen LogP contribution in [0.1, 0.15) is 28.8 Å². The van der Waals surface area contributed by atoms with Gasteiger partial charge in [-0.05, 0) is 71.8 Å². The molecule has 0 bridgehead atoms. The van der Waals surface area contributed by atoms with Crippen LogP contribution < -0.4 is 10.6 Å². The van der Waals surface area contributed by atoms with Gasteiger partial charge in [0.25, 0.3) is 5.91 Å². The van der Waals surface area contributed by atoms with Crippen LogP contribution in [0.4, 0.5) is 5.69 Å². The van der Waals surface area contributed by atoms with E-state index in [1.807, 2.05) is 43.3 Å². The molecule has 0 atom stereocenters. The summed E-state index contributed by atoms with van der Waals surface area (Å²) >= 11 is 2.24. The fourth-order valence-corrected chi connectivity index (χ4v) is 2.77. The minimum atomic E-state index is -0.112. The van der Waals surface area contributed by atoms with Crippen molar-refractivity contribution >= 4 is 40.1 Å². The lowest BCUT2D eigenvalue weighted by Gasteiger charge is -2.09. The van der Waals surface area contributed by atoms with E-state index in [2.05, 4.69) is 33.2 Å². The molecule has 120 valence electrons. The summed E-state index contributed by atoms with van der Waals surface area (Å²) in [7, 11) is 0. The van der Waals surface area contributed by atoms with Crippen LogP contribution in [0.15, 0.2) is 48.5 Å². The zero-order valence-electron chi connectivity index (χ0n) is 12.9. The van der Waals surface area contributed by atoms with Crippen molar-refractivity contribution in [1.82, 2.24) is 5.32 Å². The maximum atomic E-state index is 11.9. The van der Waals surface area contributed by atoms with E-state index < -0.39 is 0 Å². The number of hydrogen-bond donors (Lipinski definition) is 2. The highest BCUT2D eigenvalue weighted by Crippen LogP contribution is 2.17. The average Bonchev–Trinajstić information content (AvgIpc) is 2.55. The molecule has 23 heavy (non-hydrogen) atoms. The second-order valence-electron chi connectivity index (χ2n) is 5.23. The number of carbonyl (C=O) groups excluding carboxylic acids is 2. The van der Waals surface area contributed by atoms with Crippen LogP contribution in [0.2, 0.25) is 0 Å². The number of benzene rings is 2. The number of hydrogen-bond acceptors (Lipinski definition) is 2. The Morgan fingerprint density at radius 1 is 1.09 bits per heavy atom. The van der Waals surface area contributed by atoms with Crippen molar-refractivity contribution < 1.29 is 9.59 Å². The first-order valence-electron chi connectivity index (χ1n) is 7.45. The van der Waals surface area contributed by atoms with E-state index >= 15 is 0 Å². The van der Waals surface area contributed by atoms with Gasteiger partial charge in [0, 0.05) is 27.8 Å². The Labute approximate surface area is 149 Å². The molecule has 0 spiro atoms. The Balaban J connectivity index is 1.72. The third kappa shape index (κ3) is 5.67. The quantitative estimate of drug-likeness (QED) is 0.551. The first-order valence-corrected chi connectivity index (χ1v) is 8.53. The Morgan fingerprint density at radius 3 is 2.52 bits per heavy atom. The van der Waals surface area contributed by atoms with E-state index in [4.69, 9.17) is 0 Å². The lowest BCUT2D eigenvalue weighted by atomic mass is 10.2. The highest BCUT2D eigenvalue weighted by atomic mass is 127. The van der Waals surface area contributed by atoms with Crippen LogP contribution in [0.25, 0.3) is 0 Å². The number of carbonyl (C=O) groups is 2. The van der Waals surface area contributed by atoms with E-state index in [1.165, 1.54) is 0 Å². The van der Waals surface area contributed by atoms with Gasteiger partial charge in [0.1, 0.15) is 0 Å². The highest BCUT2D eigenvalue weighted by Gasteiger charge is 2.07. The van der Waals surface area contributed by atoms with Gasteiger partial charge in [-0.2, -0.15) is 0 Å². The lowest BCUT2D eigenvalue weighted by Crippen LogP contribution is -2.25. The van der Waals surface area contributed by atoms with Crippen molar-refractivity contribution in [3.63, 3.8) is 0 Å². The van der Waals surface area contributed by atoms with Gasteiger partial charge in [-0.3, -0.25) is 9.59 Å². The Bertz CT molecular complexity index is 687. The minimum Gasteiger partial charge on any atom is -0.352 e. The fraction of sp³-hybridized carbons (Fsp3) is 0.222. The zero-order valence-corrected chi connectivity index (χ0v) is 15.1. The normalized spacial score (nSPS) is 10.2. The molecule has 0 saturated carbocycles. The molecule has 2 aromatic rings. The summed E-state index contributed by atoms with van der Waals surface area (Å²) in [6.45, 7) is 2.45. The van der Waals surface area contributed by atoms with Crippen LogP contribution in [-0.2, 0) is 4.79 Å². The van der Waals surface area contributed by atoms with E-state index in [0.717, 1.165) is 14.8 Å². The van der Waals surface area contributed by atoms with Crippen molar-refractivity contribution in [3.05, 3.63) is 63.2 Å². The molecule has 0 unspecified atom stereocenters. The molecular weight excluding hydrogens is 403 g/mol. The van der Waals surface area contributed by atoms with Crippen molar-refractivity contribution in [2.24, 2.45) is 0 Å². The summed E-state index contributed by atoms with van der Waals surface area (Å²) in [5.74, 6) is -0.150. The molecule has 0 aliphatic rings. The molecule has 2 amide bonds. The van der Waals surface area contributed by atoms with Crippen LogP contribution in [0, 0.1) is 10.5 Å². The summed E-state index contributed by atoms with van der Waals surface area (Å²) in [6, 6.07) is 14.9. The SMILES string of the molecule is Cc1cc(I)ccc1NC(=O)CCCNC(=O)c1ccccc1. The minimum absolute atomic E-state index is 0.0386. The van der Waals surface area contributed by atoms with Crippen LogP contribution in [0.5, 0.6) is 0 Å². The molecule has 0 aromatic heterocycles. The van der Waals surface area contributed by atoms with Gasteiger partial charge in [-0.25, -0.2) is 0 Å². The maximum absolute atomic E-state index is 11.9. The van der Waals surface area contributed by atoms with Crippen LogP contribution >= 0.6 is 22.6 Å². The number of amides is 2. The van der Waals surface area contributed by atoms with Gasteiger partial charge in [0.05, 0.1) is 0 Å². The summed E-state index contributed by atoms with van der Waals surface area (Å²) in [4.78, 5) is 23.8. The standard InChI is InChI=1S/C18H19IN2O2/c1-13-12-15(19)9-10-16(13)21-17(22)8-5-11-20-18(23)14-6-3-2-4-7-14/h2-4,6-7,9-10,12H,5,8,11H2,1H3,(H,20,23)(H,21,22). The summed E-state index contributed by atoms with van der Waals surface area (Å²) in [6.07, 6.45) is 0.980. The molecule has 0 aliphatic carbocycles. The molecule has 0 aliphatic heterocycles. The molecule has 2 rings (SSSR count). The predicted octanol–water partition coefficient (Wildman–Crippen LogP) is 3.75. The molecule has 0 fully saturated rings. The largest absolute Gasteiger partial charge is 0.352 e. The topological polar surface area (TPSA) is 58.2 Å². The van der Waals surface area contributed by atoms with Gasteiger partial charge in [-0.1, -0.05) is 18.2 Å². The second kappa shape index (κ2) is 8.67. The fourth-order valence-electron chi connectivity index (χ4n) is 2.12. The number of rotatable bonds is 6. The summed E-state index contributed by atoms with van der Waals surface area (Å²) in [5.41, 5.74) is 2.51. The van der Waals surface area contributed by atoms with Gasteiger partial charge in [0.15, 0.2) is 0 Å². The van der Waals surface area contributed by atoms with Crippen molar-refractivity contribution in [1.29, 1.82) is 0 Å². The van der Waals surface area contributed by atoms with Gasteiger partial charge in [0.2, 0.25) is 5.91 Å². The Kier molecular flexibility index (Phi) is 6.58. The van der Waals surface area contributed by atoms with Crippen molar-refractivity contribution in [2.45, 2.75) is 19.8 Å². The molecule has 0 heterocycles. The lowest BCUT2D eigenvalue weighted by molar-refractivity contribution is -0.116. The third-order valence-corrected chi connectivity index (χ3v) is 4.04. The number of nitrogens with one attached hydrogen (secondary N) is 2. The Hall–Kier alpha value is -1.89. The number of aryl methyl sites for hydroxylation is 1. The molecule has 2 N–H and O–H groups in total. The summed E-state index contributed by atoms with van der Waals surface area (Å²) < 4.78 is 1.14. The van der Waals surface area contributed by atoms with Gasteiger partial charge >= 0.3 is 0 Å². The molecule has 4 nitrogen and oxygen atoms in total. The van der Waals surface area contributed by atoms with Crippen molar-refractivity contribution in [2.75, 3.05) is 11.9 Å². The molecule has 5 heteroatoms. The van der Waals surface area contributed by atoms with Crippen molar-refractivity contribution in [3.8, 4) is 0 Å². The van der Waals surface area contributed by atoms with Gasteiger partial charge < -0.3 is 10.6 Å².